The maximum absolute atomic E-state index is 12.6. The second-order valence-corrected chi connectivity index (χ2v) is 5.56. The Bertz CT molecular complexity index is 1030. The Morgan fingerprint density at radius 3 is 2.85 bits per heavy atom. The Kier molecular flexibility index (Phi) is 4.99. The number of amides is 1. The lowest BCUT2D eigenvalue weighted by Gasteiger charge is -2.10. The minimum atomic E-state index is -0.495. The highest BCUT2D eigenvalue weighted by molar-refractivity contribution is 6.10. The molecule has 1 amide bonds. The van der Waals surface area contributed by atoms with Gasteiger partial charge in [-0.05, 0) is 44.2 Å². The number of nitrogens with zero attached hydrogens (tertiary/aromatic N) is 3. The van der Waals surface area contributed by atoms with Gasteiger partial charge in [-0.15, -0.1) is 0 Å². The lowest BCUT2D eigenvalue weighted by atomic mass is 10.2. The van der Waals surface area contributed by atoms with E-state index in [1.807, 2.05) is 54.8 Å². The number of carbonyl (C=O) groups is 1. The monoisotopic (exact) mass is 346 g/mol. The standard InChI is InChI=1S/C20H18N4O2/c1-3-26-18-9-5-4-8-16(18)23-20(25)15(13-21)12-17-14(2)22-19-10-6-7-11-24(17)19/h4-12H,3H2,1-2H3,(H,23,25)/b15-12+. The van der Waals surface area contributed by atoms with Crippen LogP contribution in [-0.4, -0.2) is 21.9 Å². The summed E-state index contributed by atoms with van der Waals surface area (Å²) in [7, 11) is 0. The number of rotatable bonds is 5. The fourth-order valence-electron chi connectivity index (χ4n) is 2.63. The van der Waals surface area contributed by atoms with Crippen LogP contribution in [0.3, 0.4) is 0 Å². The van der Waals surface area contributed by atoms with E-state index in [0.29, 0.717) is 23.7 Å². The van der Waals surface area contributed by atoms with Crippen molar-refractivity contribution in [1.29, 1.82) is 5.26 Å². The predicted octanol–water partition coefficient (Wildman–Crippen LogP) is 3.59. The molecule has 2 aromatic heterocycles. The van der Waals surface area contributed by atoms with E-state index >= 15 is 0 Å². The summed E-state index contributed by atoms with van der Waals surface area (Å²) in [6.07, 6.45) is 3.40. The van der Waals surface area contributed by atoms with E-state index in [1.54, 1.807) is 24.3 Å². The number of hydrogen-bond acceptors (Lipinski definition) is 4. The summed E-state index contributed by atoms with van der Waals surface area (Å²) < 4.78 is 7.34. The molecule has 0 aliphatic heterocycles. The molecule has 0 aliphatic rings. The van der Waals surface area contributed by atoms with E-state index < -0.39 is 5.91 Å². The molecule has 0 radical (unpaired) electrons. The van der Waals surface area contributed by atoms with Gasteiger partial charge in [0.05, 0.1) is 23.7 Å². The summed E-state index contributed by atoms with van der Waals surface area (Å²) in [4.78, 5) is 17.0. The Balaban J connectivity index is 1.94. The third kappa shape index (κ3) is 3.42. The number of pyridine rings is 1. The fourth-order valence-corrected chi connectivity index (χ4v) is 2.63. The molecule has 0 saturated carbocycles. The lowest BCUT2D eigenvalue weighted by molar-refractivity contribution is -0.112. The van der Waals surface area contributed by atoms with Gasteiger partial charge in [0.15, 0.2) is 0 Å². The highest BCUT2D eigenvalue weighted by Crippen LogP contribution is 2.24. The van der Waals surface area contributed by atoms with Gasteiger partial charge in [-0.3, -0.25) is 9.20 Å². The number of para-hydroxylation sites is 2. The normalized spacial score (nSPS) is 11.2. The van der Waals surface area contributed by atoms with Crippen LogP contribution in [0, 0.1) is 18.3 Å². The van der Waals surface area contributed by atoms with Gasteiger partial charge in [-0.1, -0.05) is 18.2 Å². The van der Waals surface area contributed by atoms with Crippen molar-refractivity contribution in [2.75, 3.05) is 11.9 Å². The molecule has 6 nitrogen and oxygen atoms in total. The molecule has 2 heterocycles. The van der Waals surface area contributed by atoms with Gasteiger partial charge in [0.25, 0.3) is 5.91 Å². The number of hydrogen-bond donors (Lipinski definition) is 1. The average Bonchev–Trinajstić information content (AvgIpc) is 2.96. The van der Waals surface area contributed by atoms with Gasteiger partial charge in [0.1, 0.15) is 23.0 Å². The smallest absolute Gasteiger partial charge is 0.266 e. The summed E-state index contributed by atoms with van der Waals surface area (Å²) in [5.41, 5.74) is 2.72. The van der Waals surface area contributed by atoms with Gasteiger partial charge < -0.3 is 10.1 Å². The molecule has 0 saturated heterocycles. The zero-order valence-electron chi connectivity index (χ0n) is 14.6. The number of carbonyl (C=O) groups excluding carboxylic acids is 1. The number of aryl methyl sites for hydroxylation is 1. The van der Waals surface area contributed by atoms with Gasteiger partial charge in [0.2, 0.25) is 0 Å². The van der Waals surface area contributed by atoms with Crippen LogP contribution in [-0.2, 0) is 4.79 Å². The van der Waals surface area contributed by atoms with Gasteiger partial charge in [-0.2, -0.15) is 5.26 Å². The number of benzene rings is 1. The number of aromatic nitrogens is 2. The number of imidazole rings is 1. The summed E-state index contributed by atoms with van der Waals surface area (Å²) in [5, 5.41) is 12.2. The van der Waals surface area contributed by atoms with Crippen molar-refractivity contribution in [2.24, 2.45) is 0 Å². The molecule has 0 aliphatic carbocycles. The first-order valence-electron chi connectivity index (χ1n) is 8.22. The highest BCUT2D eigenvalue weighted by atomic mass is 16.5. The predicted molar refractivity (Wildman–Crippen MR) is 99.8 cm³/mol. The number of ether oxygens (including phenoxy) is 1. The largest absolute Gasteiger partial charge is 0.492 e. The molecular formula is C20H18N4O2. The fraction of sp³-hybridized carbons (Fsp3) is 0.150. The van der Waals surface area contributed by atoms with Crippen molar-refractivity contribution >= 4 is 23.3 Å². The van der Waals surface area contributed by atoms with Crippen LogP contribution in [0.25, 0.3) is 11.7 Å². The van der Waals surface area contributed by atoms with Gasteiger partial charge in [0, 0.05) is 6.20 Å². The third-order valence-corrected chi connectivity index (χ3v) is 3.83. The molecule has 0 fully saturated rings. The Morgan fingerprint density at radius 1 is 1.31 bits per heavy atom. The first kappa shape index (κ1) is 17.2. The van der Waals surface area contributed by atoms with Crippen molar-refractivity contribution in [2.45, 2.75) is 13.8 Å². The Labute approximate surface area is 151 Å². The topological polar surface area (TPSA) is 79.4 Å². The lowest BCUT2D eigenvalue weighted by Crippen LogP contribution is -2.14. The number of nitrogens with one attached hydrogen (secondary N) is 1. The summed E-state index contributed by atoms with van der Waals surface area (Å²) in [6, 6.07) is 14.7. The molecule has 3 aromatic rings. The third-order valence-electron chi connectivity index (χ3n) is 3.83. The zero-order chi connectivity index (χ0) is 18.5. The molecule has 0 bridgehead atoms. The van der Waals surface area contributed by atoms with E-state index in [1.165, 1.54) is 0 Å². The van der Waals surface area contributed by atoms with Crippen molar-refractivity contribution in [3.63, 3.8) is 0 Å². The maximum atomic E-state index is 12.6. The molecule has 0 atom stereocenters. The van der Waals surface area contributed by atoms with Crippen LogP contribution in [0.1, 0.15) is 18.3 Å². The highest BCUT2D eigenvalue weighted by Gasteiger charge is 2.14. The van der Waals surface area contributed by atoms with E-state index in [0.717, 1.165) is 11.3 Å². The van der Waals surface area contributed by atoms with Crippen molar-refractivity contribution in [3.05, 3.63) is 65.6 Å². The van der Waals surface area contributed by atoms with Crippen LogP contribution in [0.5, 0.6) is 5.75 Å². The second-order valence-electron chi connectivity index (χ2n) is 5.56. The van der Waals surface area contributed by atoms with E-state index in [-0.39, 0.29) is 5.57 Å². The van der Waals surface area contributed by atoms with Crippen molar-refractivity contribution in [3.8, 4) is 11.8 Å². The van der Waals surface area contributed by atoms with Gasteiger partial charge >= 0.3 is 0 Å². The van der Waals surface area contributed by atoms with Crippen LogP contribution >= 0.6 is 0 Å². The van der Waals surface area contributed by atoms with Crippen molar-refractivity contribution in [1.82, 2.24) is 9.38 Å². The van der Waals surface area contributed by atoms with Crippen LogP contribution < -0.4 is 10.1 Å². The molecule has 26 heavy (non-hydrogen) atoms. The maximum Gasteiger partial charge on any atom is 0.266 e. The summed E-state index contributed by atoms with van der Waals surface area (Å²) >= 11 is 0. The molecular weight excluding hydrogens is 328 g/mol. The first-order valence-corrected chi connectivity index (χ1v) is 8.22. The summed E-state index contributed by atoms with van der Waals surface area (Å²) in [6.45, 7) is 4.19. The quantitative estimate of drug-likeness (QED) is 0.565. The van der Waals surface area contributed by atoms with Crippen molar-refractivity contribution < 1.29 is 9.53 Å². The van der Waals surface area contributed by atoms with Gasteiger partial charge in [-0.25, -0.2) is 4.98 Å². The van der Waals surface area contributed by atoms with E-state index in [4.69, 9.17) is 4.74 Å². The molecule has 0 spiro atoms. The Morgan fingerprint density at radius 2 is 2.08 bits per heavy atom. The molecule has 130 valence electrons. The number of anilines is 1. The summed E-state index contributed by atoms with van der Waals surface area (Å²) in [5.74, 6) is 0.0663. The molecule has 1 N–H and O–H groups in total. The molecule has 1 aromatic carbocycles. The second kappa shape index (κ2) is 7.53. The first-order chi connectivity index (χ1) is 12.6. The molecule has 3 rings (SSSR count). The minimum absolute atomic E-state index is 0.00921. The molecule has 0 unspecified atom stereocenters. The average molecular weight is 346 g/mol. The van der Waals surface area contributed by atoms with E-state index in [9.17, 15) is 10.1 Å². The van der Waals surface area contributed by atoms with Crippen LogP contribution in [0.2, 0.25) is 0 Å². The van der Waals surface area contributed by atoms with E-state index in [2.05, 4.69) is 10.3 Å². The van der Waals surface area contributed by atoms with Crippen LogP contribution in [0.15, 0.2) is 54.2 Å². The number of fused-ring (bicyclic) bond motifs is 1. The Hall–Kier alpha value is -3.59. The van der Waals surface area contributed by atoms with Crippen LogP contribution in [0.4, 0.5) is 5.69 Å². The minimum Gasteiger partial charge on any atom is -0.492 e. The number of nitriles is 1. The molecule has 6 heteroatoms. The zero-order valence-corrected chi connectivity index (χ0v) is 14.6. The SMILES string of the molecule is CCOc1ccccc1NC(=O)/C(C#N)=C/c1c(C)nc2ccccn12.